The van der Waals surface area contributed by atoms with Crippen molar-refractivity contribution in [1.29, 1.82) is 0 Å². The second-order valence-electron chi connectivity index (χ2n) is 5.00. The minimum absolute atomic E-state index is 0.0267. The van der Waals surface area contributed by atoms with E-state index in [9.17, 15) is 28.1 Å². The summed E-state index contributed by atoms with van der Waals surface area (Å²) in [5, 5.41) is 16.4. The normalized spacial score (nSPS) is 10.8. The van der Waals surface area contributed by atoms with Crippen molar-refractivity contribution >= 4 is 28.8 Å². The molecule has 0 saturated heterocycles. The summed E-state index contributed by atoms with van der Waals surface area (Å²) in [6.07, 6.45) is -5.67. The highest BCUT2D eigenvalue weighted by Crippen LogP contribution is 2.35. The fraction of sp³-hybridized carbons (Fsp3) is 0.188. The number of nitro groups is 1. The number of para-hydroxylation sites is 1. The van der Waals surface area contributed by atoms with Gasteiger partial charge in [0.25, 0.3) is 0 Å². The van der Waals surface area contributed by atoms with Gasteiger partial charge in [-0.15, -0.1) is 13.2 Å². The van der Waals surface area contributed by atoms with Crippen LogP contribution >= 0.6 is 0 Å². The summed E-state index contributed by atoms with van der Waals surface area (Å²) in [6, 6.07) is 8.80. The predicted molar refractivity (Wildman–Crippen MR) is 90.1 cm³/mol. The molecule has 0 aromatic heterocycles. The van der Waals surface area contributed by atoms with Crippen molar-refractivity contribution in [3.8, 4) is 5.75 Å². The van der Waals surface area contributed by atoms with Gasteiger partial charge in [-0.1, -0.05) is 6.07 Å². The van der Waals surface area contributed by atoms with Crippen molar-refractivity contribution < 1.29 is 32.4 Å². The second kappa shape index (κ2) is 8.25. The van der Waals surface area contributed by atoms with Gasteiger partial charge in [-0.05, 0) is 43.3 Å². The highest BCUT2D eigenvalue weighted by Gasteiger charge is 2.31. The van der Waals surface area contributed by atoms with Gasteiger partial charge in [0.05, 0.1) is 11.5 Å². The van der Waals surface area contributed by atoms with Crippen LogP contribution in [0.2, 0.25) is 0 Å². The minimum atomic E-state index is -4.82. The summed E-state index contributed by atoms with van der Waals surface area (Å²) < 4.78 is 45.0. The van der Waals surface area contributed by atoms with Crippen LogP contribution in [0.3, 0.4) is 0 Å². The van der Waals surface area contributed by atoms with Crippen molar-refractivity contribution in [2.75, 3.05) is 17.2 Å². The molecule has 2 rings (SSSR count). The zero-order valence-electron chi connectivity index (χ0n) is 13.9. The maximum atomic E-state index is 12.2. The summed E-state index contributed by atoms with van der Waals surface area (Å²) in [7, 11) is 0. The molecule has 8 nitrogen and oxygen atoms in total. The van der Waals surface area contributed by atoms with E-state index in [0.717, 1.165) is 12.1 Å². The number of ether oxygens (including phenoxy) is 2. The number of alkyl halides is 3. The fourth-order valence-electron chi connectivity index (χ4n) is 2.11. The van der Waals surface area contributed by atoms with E-state index in [1.807, 2.05) is 0 Å². The summed E-state index contributed by atoms with van der Waals surface area (Å²) in [5.74, 6) is -0.430. The molecule has 0 heterocycles. The van der Waals surface area contributed by atoms with Crippen LogP contribution in [0, 0.1) is 10.1 Å². The van der Waals surface area contributed by atoms with Crippen LogP contribution < -0.4 is 15.4 Å². The molecule has 0 radical (unpaired) electrons. The van der Waals surface area contributed by atoms with Crippen LogP contribution in [0.15, 0.2) is 42.5 Å². The minimum Gasteiger partial charge on any atom is -0.450 e. The number of amides is 1. The number of carbonyl (C=O) groups excluding carboxylic acids is 1. The molecular formula is C16H14F3N3O5. The Bertz CT molecular complexity index is 825. The van der Waals surface area contributed by atoms with Gasteiger partial charge in [-0.3, -0.25) is 15.4 Å². The largest absolute Gasteiger partial charge is 0.573 e. The molecule has 1 amide bonds. The smallest absolute Gasteiger partial charge is 0.450 e. The molecule has 27 heavy (non-hydrogen) atoms. The van der Waals surface area contributed by atoms with Crippen LogP contribution in [0.1, 0.15) is 6.92 Å². The Morgan fingerprint density at radius 3 is 2.33 bits per heavy atom. The topological polar surface area (TPSA) is 103 Å². The molecule has 0 aliphatic heterocycles. The average Bonchev–Trinajstić information content (AvgIpc) is 2.55. The molecule has 0 spiro atoms. The monoisotopic (exact) mass is 385 g/mol. The number of nitrogens with one attached hydrogen (secondary N) is 2. The predicted octanol–water partition coefficient (Wildman–Crippen LogP) is 4.81. The number of halogens is 3. The maximum Gasteiger partial charge on any atom is 0.573 e. The Morgan fingerprint density at radius 2 is 1.78 bits per heavy atom. The van der Waals surface area contributed by atoms with Gasteiger partial charge in [0, 0.05) is 5.69 Å². The van der Waals surface area contributed by atoms with Gasteiger partial charge in [-0.25, -0.2) is 4.79 Å². The van der Waals surface area contributed by atoms with Gasteiger partial charge in [0.15, 0.2) is 0 Å². The van der Waals surface area contributed by atoms with E-state index >= 15 is 0 Å². The third-order valence-corrected chi connectivity index (χ3v) is 3.10. The van der Waals surface area contributed by atoms with E-state index in [1.165, 1.54) is 30.3 Å². The number of nitro benzene ring substituents is 1. The average molecular weight is 385 g/mol. The summed E-state index contributed by atoms with van der Waals surface area (Å²) in [4.78, 5) is 22.2. The molecule has 0 unspecified atom stereocenters. The standard InChI is InChI=1S/C16H14F3N3O5/c1-2-26-15(23)21-13-5-3-4-12(14(13)22(24)25)20-10-6-8-11(9-7-10)27-16(17,18)19/h3-9,20H,2H2,1H3,(H,21,23). The van der Waals surface area contributed by atoms with Crippen LogP contribution in [0.4, 0.5) is 40.7 Å². The van der Waals surface area contributed by atoms with Crippen LogP contribution in [0.25, 0.3) is 0 Å². The number of benzene rings is 2. The van der Waals surface area contributed by atoms with Gasteiger partial charge in [-0.2, -0.15) is 0 Å². The van der Waals surface area contributed by atoms with Crippen molar-refractivity contribution in [3.05, 3.63) is 52.6 Å². The summed E-state index contributed by atoms with van der Waals surface area (Å²) >= 11 is 0. The van der Waals surface area contributed by atoms with E-state index in [4.69, 9.17) is 4.74 Å². The molecule has 0 aliphatic carbocycles. The van der Waals surface area contributed by atoms with Gasteiger partial charge >= 0.3 is 18.1 Å². The third-order valence-electron chi connectivity index (χ3n) is 3.10. The molecule has 2 aromatic carbocycles. The lowest BCUT2D eigenvalue weighted by molar-refractivity contribution is -0.383. The number of hydrogen-bond donors (Lipinski definition) is 2. The molecule has 2 aromatic rings. The highest BCUT2D eigenvalue weighted by molar-refractivity contribution is 5.91. The Morgan fingerprint density at radius 1 is 1.15 bits per heavy atom. The molecule has 144 valence electrons. The number of rotatable bonds is 6. The second-order valence-corrected chi connectivity index (χ2v) is 5.00. The van der Waals surface area contributed by atoms with Crippen molar-refractivity contribution in [1.82, 2.24) is 0 Å². The van der Waals surface area contributed by atoms with Crippen LogP contribution in [-0.2, 0) is 4.74 Å². The first-order chi connectivity index (χ1) is 12.7. The van der Waals surface area contributed by atoms with Gasteiger partial charge < -0.3 is 14.8 Å². The molecule has 0 fully saturated rings. The number of anilines is 3. The summed E-state index contributed by atoms with van der Waals surface area (Å²) in [6.45, 7) is 1.67. The van der Waals surface area contributed by atoms with E-state index in [0.29, 0.717) is 0 Å². The van der Waals surface area contributed by atoms with E-state index in [2.05, 4.69) is 15.4 Å². The third kappa shape index (κ3) is 5.76. The fourth-order valence-corrected chi connectivity index (χ4v) is 2.11. The van der Waals surface area contributed by atoms with Gasteiger partial charge in [0.1, 0.15) is 17.1 Å². The quantitative estimate of drug-likeness (QED) is 0.547. The van der Waals surface area contributed by atoms with Crippen molar-refractivity contribution in [3.63, 3.8) is 0 Å². The molecule has 11 heteroatoms. The lowest BCUT2D eigenvalue weighted by atomic mass is 10.2. The number of hydrogen-bond acceptors (Lipinski definition) is 6. The first kappa shape index (κ1) is 19.8. The SMILES string of the molecule is CCOC(=O)Nc1cccc(Nc2ccc(OC(F)(F)F)cc2)c1[N+](=O)[O-]. The number of nitrogens with zero attached hydrogens (tertiary/aromatic N) is 1. The molecule has 0 aliphatic rings. The van der Waals surface area contributed by atoms with E-state index < -0.39 is 28.8 Å². The Balaban J connectivity index is 2.25. The highest BCUT2D eigenvalue weighted by atomic mass is 19.4. The molecule has 0 saturated carbocycles. The number of carbonyl (C=O) groups is 1. The Hall–Kier alpha value is -3.50. The molecule has 0 atom stereocenters. The lowest BCUT2D eigenvalue weighted by Crippen LogP contribution is -2.17. The van der Waals surface area contributed by atoms with Gasteiger partial charge in [0.2, 0.25) is 0 Å². The van der Waals surface area contributed by atoms with Crippen LogP contribution in [0.5, 0.6) is 5.75 Å². The Labute approximate surface area is 151 Å². The zero-order chi connectivity index (χ0) is 20.0. The maximum absolute atomic E-state index is 12.2. The lowest BCUT2D eigenvalue weighted by Gasteiger charge is -2.12. The van der Waals surface area contributed by atoms with Crippen molar-refractivity contribution in [2.24, 2.45) is 0 Å². The molecule has 2 N–H and O–H groups in total. The molecule has 0 bridgehead atoms. The Kier molecular flexibility index (Phi) is 6.06. The van der Waals surface area contributed by atoms with Crippen molar-refractivity contribution in [2.45, 2.75) is 13.3 Å². The zero-order valence-corrected chi connectivity index (χ0v) is 13.9. The first-order valence-corrected chi connectivity index (χ1v) is 7.53. The summed E-state index contributed by atoms with van der Waals surface area (Å²) in [5.41, 5.74) is -0.221. The first-order valence-electron chi connectivity index (χ1n) is 7.53. The van der Waals surface area contributed by atoms with E-state index in [-0.39, 0.29) is 23.7 Å². The molecular weight excluding hydrogens is 371 g/mol. The van der Waals surface area contributed by atoms with E-state index in [1.54, 1.807) is 6.92 Å². The van der Waals surface area contributed by atoms with Crippen LogP contribution in [-0.4, -0.2) is 24.0 Å².